The van der Waals surface area contributed by atoms with Crippen LogP contribution in [0, 0.1) is 5.92 Å². The van der Waals surface area contributed by atoms with E-state index in [0.717, 1.165) is 25.9 Å². The van der Waals surface area contributed by atoms with E-state index >= 15 is 0 Å². The fourth-order valence-corrected chi connectivity index (χ4v) is 4.21. The zero-order valence-corrected chi connectivity index (χ0v) is 12.9. The van der Waals surface area contributed by atoms with E-state index in [9.17, 15) is 4.79 Å². The summed E-state index contributed by atoms with van der Waals surface area (Å²) in [5.74, 6) is 1.43. The Hall–Kier alpha value is -1.40. The summed E-state index contributed by atoms with van der Waals surface area (Å²) in [5, 5.41) is 14.3. The average molecular weight is 303 g/mol. The molecule has 22 heavy (non-hydrogen) atoms. The topological polar surface area (TPSA) is 71.0 Å². The molecule has 1 saturated carbocycles. The van der Waals surface area contributed by atoms with Gasteiger partial charge >= 0.3 is 0 Å². The van der Waals surface area contributed by atoms with Crippen molar-refractivity contribution in [1.29, 1.82) is 0 Å². The molecule has 0 unspecified atom stereocenters. The van der Waals surface area contributed by atoms with Crippen LogP contribution in [0.4, 0.5) is 5.82 Å². The molecule has 0 aromatic carbocycles. The molecular weight excluding hydrogens is 278 g/mol. The number of nitrogens with zero attached hydrogens (tertiary/aromatic N) is 2. The van der Waals surface area contributed by atoms with Crippen molar-refractivity contribution in [3.05, 3.63) is 12.3 Å². The minimum atomic E-state index is -0.0496. The number of nitrogens with one attached hydrogen (secondary N) is 3. The van der Waals surface area contributed by atoms with Crippen LogP contribution in [0.3, 0.4) is 0 Å². The molecule has 3 fully saturated rings. The monoisotopic (exact) mass is 303 g/mol. The maximum atomic E-state index is 12.5. The van der Waals surface area contributed by atoms with Gasteiger partial charge in [0.1, 0.15) is 0 Å². The van der Waals surface area contributed by atoms with Gasteiger partial charge in [-0.05, 0) is 38.1 Å². The van der Waals surface area contributed by atoms with Gasteiger partial charge in [-0.1, -0.05) is 12.8 Å². The number of carbonyl (C=O) groups is 1. The Morgan fingerprint density at radius 1 is 1.32 bits per heavy atom. The Bertz CT molecular complexity index is 522. The largest absolute Gasteiger partial charge is 0.315 e. The normalized spacial score (nSPS) is 34.5. The molecule has 6 heteroatoms. The summed E-state index contributed by atoms with van der Waals surface area (Å²) >= 11 is 0. The minimum absolute atomic E-state index is 0.0496. The Balaban J connectivity index is 1.36. The number of fused-ring (bicyclic) bond motifs is 1. The molecule has 3 N–H and O–H groups in total. The predicted octanol–water partition coefficient (Wildman–Crippen LogP) is 1.28. The van der Waals surface area contributed by atoms with Crippen LogP contribution in [0.15, 0.2) is 12.3 Å². The van der Waals surface area contributed by atoms with Gasteiger partial charge in [0.05, 0.1) is 12.1 Å². The molecule has 1 aliphatic carbocycles. The van der Waals surface area contributed by atoms with Crippen molar-refractivity contribution in [1.82, 2.24) is 20.4 Å². The zero-order valence-electron chi connectivity index (χ0n) is 12.9. The van der Waals surface area contributed by atoms with Gasteiger partial charge in [0.25, 0.3) is 0 Å². The molecular formula is C16H25N5O. The molecule has 1 aromatic rings. The van der Waals surface area contributed by atoms with Gasteiger partial charge in [-0.3, -0.25) is 9.48 Å². The summed E-state index contributed by atoms with van der Waals surface area (Å²) in [7, 11) is 0. The lowest BCUT2D eigenvalue weighted by Crippen LogP contribution is -2.40. The van der Waals surface area contributed by atoms with E-state index in [1.807, 2.05) is 16.9 Å². The second-order valence-corrected chi connectivity index (χ2v) is 6.92. The van der Waals surface area contributed by atoms with E-state index in [4.69, 9.17) is 0 Å². The molecule has 1 amide bonds. The van der Waals surface area contributed by atoms with Crippen molar-refractivity contribution in [2.24, 2.45) is 5.92 Å². The van der Waals surface area contributed by atoms with Crippen LogP contribution in [-0.2, 0) is 4.79 Å². The quantitative estimate of drug-likeness (QED) is 0.786. The Kier molecular flexibility index (Phi) is 3.88. The highest BCUT2D eigenvalue weighted by atomic mass is 16.2. The fraction of sp³-hybridized carbons (Fsp3) is 0.750. The molecule has 3 heterocycles. The van der Waals surface area contributed by atoms with Crippen molar-refractivity contribution in [3.63, 3.8) is 0 Å². The van der Waals surface area contributed by atoms with Crippen LogP contribution in [0.1, 0.15) is 44.6 Å². The van der Waals surface area contributed by atoms with E-state index in [1.165, 1.54) is 25.7 Å². The maximum Gasteiger partial charge on any atom is 0.242 e. The van der Waals surface area contributed by atoms with Crippen LogP contribution in [0.2, 0.25) is 0 Å². The standard InChI is InChI=1S/C16H25N5O/c22-16(14-9-11-3-1-2-4-13(11)18-14)19-15-6-8-21(20-15)12-5-7-17-10-12/h6,8,11-14,17-18H,1-5,7,9-10H2,(H,19,20,22)/t11-,12+,13-,14-/m0/s1. The van der Waals surface area contributed by atoms with Gasteiger partial charge in [0.15, 0.2) is 5.82 Å². The Morgan fingerprint density at radius 2 is 2.23 bits per heavy atom. The molecule has 6 nitrogen and oxygen atoms in total. The summed E-state index contributed by atoms with van der Waals surface area (Å²) < 4.78 is 1.97. The summed E-state index contributed by atoms with van der Waals surface area (Å²) in [6, 6.07) is 2.81. The lowest BCUT2D eigenvalue weighted by atomic mass is 9.85. The first-order valence-corrected chi connectivity index (χ1v) is 8.62. The third-order valence-electron chi connectivity index (χ3n) is 5.45. The first-order chi connectivity index (χ1) is 10.8. The number of amides is 1. The molecule has 1 aromatic heterocycles. The lowest BCUT2D eigenvalue weighted by molar-refractivity contribution is -0.117. The Labute approximate surface area is 131 Å². The van der Waals surface area contributed by atoms with Crippen molar-refractivity contribution in [3.8, 4) is 0 Å². The number of carbonyl (C=O) groups excluding carboxylic acids is 1. The van der Waals surface area contributed by atoms with Crippen LogP contribution in [0.25, 0.3) is 0 Å². The van der Waals surface area contributed by atoms with Gasteiger partial charge in [-0.15, -0.1) is 0 Å². The SMILES string of the molecule is O=C(Nc1ccn([C@@H]2CCNC2)n1)[C@@H]1C[C@@H]2CCCC[C@@H]2N1. The van der Waals surface area contributed by atoms with Crippen molar-refractivity contribution in [2.75, 3.05) is 18.4 Å². The highest BCUT2D eigenvalue weighted by molar-refractivity contribution is 5.94. The molecule has 0 spiro atoms. The van der Waals surface area contributed by atoms with Crippen LogP contribution >= 0.6 is 0 Å². The second-order valence-electron chi connectivity index (χ2n) is 6.92. The molecule has 4 rings (SSSR count). The molecule has 4 atom stereocenters. The van der Waals surface area contributed by atoms with E-state index in [0.29, 0.717) is 23.8 Å². The fourth-order valence-electron chi connectivity index (χ4n) is 4.21. The van der Waals surface area contributed by atoms with Gasteiger partial charge in [0.2, 0.25) is 5.91 Å². The van der Waals surface area contributed by atoms with E-state index in [1.54, 1.807) is 0 Å². The van der Waals surface area contributed by atoms with Gasteiger partial charge in [-0.2, -0.15) is 5.10 Å². The number of aromatic nitrogens is 2. The molecule has 0 radical (unpaired) electrons. The highest BCUT2D eigenvalue weighted by Crippen LogP contribution is 2.33. The van der Waals surface area contributed by atoms with Crippen molar-refractivity contribution in [2.45, 2.75) is 56.7 Å². The molecule has 120 valence electrons. The minimum Gasteiger partial charge on any atom is -0.315 e. The first kappa shape index (κ1) is 14.2. The maximum absolute atomic E-state index is 12.5. The summed E-state index contributed by atoms with van der Waals surface area (Å²) in [5.41, 5.74) is 0. The molecule has 2 aliphatic heterocycles. The van der Waals surface area contributed by atoms with E-state index in [-0.39, 0.29) is 11.9 Å². The highest BCUT2D eigenvalue weighted by Gasteiger charge is 2.38. The number of hydrogen-bond acceptors (Lipinski definition) is 4. The van der Waals surface area contributed by atoms with E-state index < -0.39 is 0 Å². The van der Waals surface area contributed by atoms with Crippen LogP contribution in [0.5, 0.6) is 0 Å². The molecule has 3 aliphatic rings. The smallest absolute Gasteiger partial charge is 0.242 e. The van der Waals surface area contributed by atoms with Crippen LogP contribution in [-0.4, -0.2) is 40.9 Å². The average Bonchev–Trinajstić information content (AvgIpc) is 3.26. The third kappa shape index (κ3) is 2.77. The number of rotatable bonds is 3. The number of hydrogen-bond donors (Lipinski definition) is 3. The van der Waals surface area contributed by atoms with Gasteiger partial charge in [-0.25, -0.2) is 0 Å². The molecule has 2 saturated heterocycles. The zero-order chi connectivity index (χ0) is 14.9. The molecule has 0 bridgehead atoms. The Morgan fingerprint density at radius 3 is 3.05 bits per heavy atom. The predicted molar refractivity (Wildman–Crippen MR) is 84.7 cm³/mol. The summed E-state index contributed by atoms with van der Waals surface area (Å²) in [4.78, 5) is 12.5. The first-order valence-electron chi connectivity index (χ1n) is 8.62. The van der Waals surface area contributed by atoms with Crippen molar-refractivity contribution < 1.29 is 4.79 Å². The third-order valence-corrected chi connectivity index (χ3v) is 5.45. The lowest BCUT2D eigenvalue weighted by Gasteiger charge is -2.24. The van der Waals surface area contributed by atoms with Crippen molar-refractivity contribution >= 4 is 11.7 Å². The second kappa shape index (κ2) is 6.01. The number of anilines is 1. The van der Waals surface area contributed by atoms with Gasteiger partial charge < -0.3 is 16.0 Å². The van der Waals surface area contributed by atoms with Crippen LogP contribution < -0.4 is 16.0 Å². The summed E-state index contributed by atoms with van der Waals surface area (Å²) in [6.45, 7) is 2.00. The summed E-state index contributed by atoms with van der Waals surface area (Å²) in [6.07, 6.45) is 9.14. The van der Waals surface area contributed by atoms with E-state index in [2.05, 4.69) is 21.0 Å². The van der Waals surface area contributed by atoms with Gasteiger partial charge in [0, 0.05) is 24.8 Å².